The van der Waals surface area contributed by atoms with E-state index in [0.717, 1.165) is 19.3 Å². The number of rotatable bonds is 4. The number of carboxylic acid groups (broad SMARTS) is 1. The van der Waals surface area contributed by atoms with E-state index in [9.17, 15) is 9.90 Å². The van der Waals surface area contributed by atoms with Crippen LogP contribution in [-0.2, 0) is 0 Å². The molecule has 0 saturated heterocycles. The van der Waals surface area contributed by atoms with E-state index in [1.165, 1.54) is 6.42 Å². The molecule has 0 bridgehead atoms. The highest BCUT2D eigenvalue weighted by Gasteiger charge is 2.29. The minimum absolute atomic E-state index is 0.0806. The van der Waals surface area contributed by atoms with Crippen LogP contribution in [0.1, 0.15) is 75.6 Å². The molecule has 2 rings (SSSR count). The molecule has 1 fully saturated rings. The smallest absolute Gasteiger partial charge is 0.356 e. The first-order valence-electron chi connectivity index (χ1n) is 7.65. The van der Waals surface area contributed by atoms with Gasteiger partial charge in [0.15, 0.2) is 5.69 Å². The fourth-order valence-electron chi connectivity index (χ4n) is 2.98. The van der Waals surface area contributed by atoms with Crippen LogP contribution in [0.2, 0.25) is 0 Å². The Labute approximate surface area is 126 Å². The van der Waals surface area contributed by atoms with Gasteiger partial charge < -0.3 is 10.4 Å². The largest absolute Gasteiger partial charge is 0.476 e. The minimum atomic E-state index is -1.00. The van der Waals surface area contributed by atoms with Crippen LogP contribution in [0.25, 0.3) is 0 Å². The molecule has 116 valence electrons. The first-order chi connectivity index (χ1) is 9.78. The Morgan fingerprint density at radius 3 is 2.76 bits per heavy atom. The van der Waals surface area contributed by atoms with Crippen LogP contribution in [0.4, 0.5) is 5.69 Å². The SMILES string of the molecule is CC(C)c1ncc(NC2CCCC(C)(C)C2)c(C(=O)O)n1. The second kappa shape index (κ2) is 6.00. The molecule has 0 aliphatic heterocycles. The Morgan fingerprint density at radius 1 is 1.48 bits per heavy atom. The summed E-state index contributed by atoms with van der Waals surface area (Å²) in [7, 11) is 0. The molecule has 2 N–H and O–H groups in total. The van der Waals surface area contributed by atoms with Crippen molar-refractivity contribution in [2.75, 3.05) is 5.32 Å². The van der Waals surface area contributed by atoms with Gasteiger partial charge >= 0.3 is 5.97 Å². The predicted octanol–water partition coefficient (Wildman–Crippen LogP) is 3.68. The molecule has 1 unspecified atom stereocenters. The zero-order valence-corrected chi connectivity index (χ0v) is 13.3. The van der Waals surface area contributed by atoms with Crippen LogP contribution in [0, 0.1) is 5.41 Å². The lowest BCUT2D eigenvalue weighted by atomic mass is 9.75. The second-order valence-corrected chi connectivity index (χ2v) is 7.05. The Hall–Kier alpha value is -1.65. The summed E-state index contributed by atoms with van der Waals surface area (Å²) in [4.78, 5) is 19.9. The number of nitrogens with one attached hydrogen (secondary N) is 1. The van der Waals surface area contributed by atoms with Crippen molar-refractivity contribution in [1.82, 2.24) is 9.97 Å². The summed E-state index contributed by atoms with van der Waals surface area (Å²) in [6.45, 7) is 8.43. The Balaban J connectivity index is 2.21. The van der Waals surface area contributed by atoms with Crippen LogP contribution < -0.4 is 5.32 Å². The van der Waals surface area contributed by atoms with Gasteiger partial charge in [-0.2, -0.15) is 0 Å². The highest BCUT2D eigenvalue weighted by molar-refractivity contribution is 5.91. The molecule has 0 aromatic carbocycles. The average molecular weight is 291 g/mol. The van der Waals surface area contributed by atoms with Gasteiger partial charge in [-0.05, 0) is 24.7 Å². The first-order valence-corrected chi connectivity index (χ1v) is 7.65. The van der Waals surface area contributed by atoms with Crippen molar-refractivity contribution >= 4 is 11.7 Å². The molecule has 21 heavy (non-hydrogen) atoms. The number of nitrogens with zero attached hydrogens (tertiary/aromatic N) is 2. The zero-order chi connectivity index (χ0) is 15.6. The van der Waals surface area contributed by atoms with Crippen molar-refractivity contribution in [2.45, 2.75) is 65.3 Å². The lowest BCUT2D eigenvalue weighted by molar-refractivity contribution is 0.0691. The molecule has 0 amide bonds. The van der Waals surface area contributed by atoms with Crippen molar-refractivity contribution in [2.24, 2.45) is 5.41 Å². The summed E-state index contributed by atoms with van der Waals surface area (Å²) in [5, 5.41) is 12.7. The van der Waals surface area contributed by atoms with E-state index in [0.29, 0.717) is 23.0 Å². The van der Waals surface area contributed by atoms with Gasteiger partial charge in [0.25, 0.3) is 0 Å². The number of hydrogen-bond acceptors (Lipinski definition) is 4. The molecular weight excluding hydrogens is 266 g/mol. The van der Waals surface area contributed by atoms with Crippen molar-refractivity contribution in [3.8, 4) is 0 Å². The second-order valence-electron chi connectivity index (χ2n) is 7.05. The summed E-state index contributed by atoms with van der Waals surface area (Å²) in [5.41, 5.74) is 0.921. The molecule has 1 aliphatic rings. The lowest BCUT2D eigenvalue weighted by Crippen LogP contribution is -2.32. The monoisotopic (exact) mass is 291 g/mol. The average Bonchev–Trinajstić information content (AvgIpc) is 2.37. The Morgan fingerprint density at radius 2 is 2.19 bits per heavy atom. The van der Waals surface area contributed by atoms with E-state index in [1.807, 2.05) is 13.8 Å². The van der Waals surface area contributed by atoms with E-state index < -0.39 is 5.97 Å². The van der Waals surface area contributed by atoms with Crippen LogP contribution in [0.15, 0.2) is 6.20 Å². The number of aromatic nitrogens is 2. The van der Waals surface area contributed by atoms with Gasteiger partial charge in [-0.15, -0.1) is 0 Å². The van der Waals surface area contributed by atoms with Crippen LogP contribution in [0.5, 0.6) is 0 Å². The molecule has 1 aliphatic carbocycles. The Kier molecular flexibility index (Phi) is 4.49. The predicted molar refractivity (Wildman–Crippen MR) is 82.7 cm³/mol. The van der Waals surface area contributed by atoms with Crippen LogP contribution >= 0.6 is 0 Å². The molecule has 5 heteroatoms. The third-order valence-electron chi connectivity index (χ3n) is 4.09. The van der Waals surface area contributed by atoms with Gasteiger partial charge in [-0.3, -0.25) is 0 Å². The van der Waals surface area contributed by atoms with E-state index in [-0.39, 0.29) is 11.6 Å². The van der Waals surface area contributed by atoms with Crippen molar-refractivity contribution in [3.05, 3.63) is 17.7 Å². The highest BCUT2D eigenvalue weighted by Crippen LogP contribution is 2.36. The number of anilines is 1. The van der Waals surface area contributed by atoms with Crippen LogP contribution in [0.3, 0.4) is 0 Å². The van der Waals surface area contributed by atoms with E-state index in [1.54, 1.807) is 6.20 Å². The zero-order valence-electron chi connectivity index (χ0n) is 13.3. The number of carbonyl (C=O) groups is 1. The topological polar surface area (TPSA) is 75.1 Å². The summed E-state index contributed by atoms with van der Waals surface area (Å²) < 4.78 is 0. The minimum Gasteiger partial charge on any atom is -0.476 e. The molecule has 5 nitrogen and oxygen atoms in total. The number of aromatic carboxylic acids is 1. The van der Waals surface area contributed by atoms with E-state index in [4.69, 9.17) is 0 Å². The normalized spacial score (nSPS) is 21.3. The van der Waals surface area contributed by atoms with Crippen molar-refractivity contribution < 1.29 is 9.90 Å². The molecule has 1 aromatic rings. The summed E-state index contributed by atoms with van der Waals surface area (Å²) in [6, 6.07) is 0.292. The standard InChI is InChI=1S/C16H25N3O2/c1-10(2)14-17-9-12(13(19-14)15(20)21)18-11-6-5-7-16(3,4)8-11/h9-11,18H,5-8H2,1-4H3,(H,20,21). The van der Waals surface area contributed by atoms with Gasteiger partial charge in [0.05, 0.1) is 11.9 Å². The Bertz CT molecular complexity index is 526. The maximum Gasteiger partial charge on any atom is 0.356 e. The third-order valence-corrected chi connectivity index (χ3v) is 4.09. The number of carboxylic acids is 1. The van der Waals surface area contributed by atoms with E-state index >= 15 is 0 Å². The summed E-state index contributed by atoms with van der Waals surface area (Å²) >= 11 is 0. The molecule has 1 saturated carbocycles. The molecule has 1 heterocycles. The molecular formula is C16H25N3O2. The van der Waals surface area contributed by atoms with Gasteiger partial charge in [0.1, 0.15) is 5.82 Å². The van der Waals surface area contributed by atoms with Crippen molar-refractivity contribution in [1.29, 1.82) is 0 Å². The first kappa shape index (κ1) is 15.7. The maximum absolute atomic E-state index is 11.4. The fourth-order valence-corrected chi connectivity index (χ4v) is 2.98. The molecule has 1 atom stereocenters. The van der Waals surface area contributed by atoms with Crippen molar-refractivity contribution in [3.63, 3.8) is 0 Å². The lowest BCUT2D eigenvalue weighted by Gasteiger charge is -2.36. The maximum atomic E-state index is 11.4. The van der Waals surface area contributed by atoms with Gasteiger partial charge in [-0.1, -0.05) is 34.1 Å². The molecule has 1 aromatic heterocycles. The highest BCUT2D eigenvalue weighted by atomic mass is 16.4. The number of hydrogen-bond donors (Lipinski definition) is 2. The summed E-state index contributed by atoms with van der Waals surface area (Å²) in [6.07, 6.45) is 6.11. The van der Waals surface area contributed by atoms with Gasteiger partial charge in [0.2, 0.25) is 0 Å². The summed E-state index contributed by atoms with van der Waals surface area (Å²) in [5.74, 6) is -0.315. The third kappa shape index (κ3) is 3.93. The van der Waals surface area contributed by atoms with E-state index in [2.05, 4.69) is 29.1 Å². The molecule has 0 radical (unpaired) electrons. The van der Waals surface area contributed by atoms with Gasteiger partial charge in [-0.25, -0.2) is 14.8 Å². The fraction of sp³-hybridized carbons (Fsp3) is 0.688. The quantitative estimate of drug-likeness (QED) is 0.885. The van der Waals surface area contributed by atoms with Gasteiger partial charge in [0, 0.05) is 12.0 Å². The van der Waals surface area contributed by atoms with Crippen LogP contribution in [-0.4, -0.2) is 27.1 Å². The molecule has 0 spiro atoms.